The Morgan fingerprint density at radius 1 is 1.40 bits per heavy atom. The van der Waals surface area contributed by atoms with Crippen molar-refractivity contribution in [3.63, 3.8) is 0 Å². The molecule has 0 atom stereocenters. The van der Waals surface area contributed by atoms with Gasteiger partial charge in [0.1, 0.15) is 0 Å². The predicted octanol–water partition coefficient (Wildman–Crippen LogP) is 2.26. The van der Waals surface area contributed by atoms with Gasteiger partial charge in [-0.15, -0.1) is 6.58 Å². The van der Waals surface area contributed by atoms with Gasteiger partial charge in [-0.2, -0.15) is 0 Å². The second-order valence-corrected chi connectivity index (χ2v) is 3.49. The first kappa shape index (κ1) is 11.5. The van der Waals surface area contributed by atoms with Crippen LogP contribution >= 0.6 is 0 Å². The molecule has 0 N–H and O–H groups in total. The molecule has 0 saturated carbocycles. The molecule has 1 amide bonds. The zero-order valence-corrected chi connectivity index (χ0v) is 9.15. The van der Waals surface area contributed by atoms with Gasteiger partial charge in [0, 0.05) is 20.0 Å². The number of carbonyl (C=O) groups is 1. The quantitative estimate of drug-likeness (QED) is 0.672. The van der Waals surface area contributed by atoms with E-state index < -0.39 is 0 Å². The lowest BCUT2D eigenvalue weighted by atomic mass is 10.1. The standard InChI is InChI=1S/C13H17NO/c1-3-10-14(12(2)15)11-9-13-7-5-4-6-8-13/h3-8H,1,9-11H2,2H3. The predicted molar refractivity (Wildman–Crippen MR) is 62.6 cm³/mol. The summed E-state index contributed by atoms with van der Waals surface area (Å²) in [5.74, 6) is 0.103. The Morgan fingerprint density at radius 3 is 2.60 bits per heavy atom. The minimum Gasteiger partial charge on any atom is -0.339 e. The summed E-state index contributed by atoms with van der Waals surface area (Å²) in [6.07, 6.45) is 2.65. The highest BCUT2D eigenvalue weighted by atomic mass is 16.2. The minimum atomic E-state index is 0.103. The maximum absolute atomic E-state index is 11.2. The number of rotatable bonds is 5. The number of hydrogen-bond donors (Lipinski definition) is 0. The van der Waals surface area contributed by atoms with Crippen LogP contribution in [0.25, 0.3) is 0 Å². The van der Waals surface area contributed by atoms with Crippen molar-refractivity contribution in [1.29, 1.82) is 0 Å². The van der Waals surface area contributed by atoms with Crippen LogP contribution in [-0.2, 0) is 11.2 Å². The first-order chi connectivity index (χ1) is 7.24. The molecule has 0 aromatic heterocycles. The van der Waals surface area contributed by atoms with Crippen molar-refractivity contribution in [3.05, 3.63) is 48.6 Å². The average Bonchev–Trinajstić information content (AvgIpc) is 2.25. The second-order valence-electron chi connectivity index (χ2n) is 3.49. The molecular formula is C13H17NO. The van der Waals surface area contributed by atoms with E-state index in [4.69, 9.17) is 0 Å². The van der Waals surface area contributed by atoms with Crippen molar-refractivity contribution in [2.75, 3.05) is 13.1 Å². The molecule has 1 aromatic carbocycles. The summed E-state index contributed by atoms with van der Waals surface area (Å²) in [4.78, 5) is 13.0. The Balaban J connectivity index is 2.47. The van der Waals surface area contributed by atoms with Crippen LogP contribution in [0, 0.1) is 0 Å². The van der Waals surface area contributed by atoms with Crippen LogP contribution in [0.3, 0.4) is 0 Å². The molecule has 0 radical (unpaired) electrons. The maximum Gasteiger partial charge on any atom is 0.219 e. The van der Waals surface area contributed by atoms with Crippen LogP contribution in [-0.4, -0.2) is 23.9 Å². The molecule has 0 bridgehead atoms. The number of amides is 1. The van der Waals surface area contributed by atoms with Crippen LogP contribution in [0.1, 0.15) is 12.5 Å². The highest BCUT2D eigenvalue weighted by Gasteiger charge is 2.05. The van der Waals surface area contributed by atoms with Crippen molar-refractivity contribution in [1.82, 2.24) is 4.90 Å². The summed E-state index contributed by atoms with van der Waals surface area (Å²) in [6, 6.07) is 10.2. The molecular weight excluding hydrogens is 186 g/mol. The Bertz CT molecular complexity index is 319. The number of hydrogen-bond acceptors (Lipinski definition) is 1. The fourth-order valence-electron chi connectivity index (χ4n) is 1.44. The van der Waals surface area contributed by atoms with E-state index in [1.54, 1.807) is 17.9 Å². The summed E-state index contributed by atoms with van der Waals surface area (Å²) in [5, 5.41) is 0. The van der Waals surface area contributed by atoms with Gasteiger partial charge in [0.2, 0.25) is 5.91 Å². The number of nitrogens with zero attached hydrogens (tertiary/aromatic N) is 1. The molecule has 2 heteroatoms. The van der Waals surface area contributed by atoms with Gasteiger partial charge in [-0.05, 0) is 12.0 Å². The third kappa shape index (κ3) is 3.98. The lowest BCUT2D eigenvalue weighted by Crippen LogP contribution is -2.30. The molecule has 0 spiro atoms. The van der Waals surface area contributed by atoms with Crippen molar-refractivity contribution in [2.24, 2.45) is 0 Å². The normalized spacial score (nSPS) is 9.67. The van der Waals surface area contributed by atoms with Crippen LogP contribution in [0.5, 0.6) is 0 Å². The molecule has 80 valence electrons. The van der Waals surface area contributed by atoms with Gasteiger partial charge in [-0.3, -0.25) is 4.79 Å². The van der Waals surface area contributed by atoms with Crippen LogP contribution in [0.15, 0.2) is 43.0 Å². The number of benzene rings is 1. The Morgan fingerprint density at radius 2 is 2.07 bits per heavy atom. The van der Waals surface area contributed by atoms with E-state index in [9.17, 15) is 4.79 Å². The van der Waals surface area contributed by atoms with Crippen molar-refractivity contribution >= 4 is 5.91 Å². The SMILES string of the molecule is C=CCN(CCc1ccccc1)C(C)=O. The van der Waals surface area contributed by atoms with Crippen molar-refractivity contribution in [2.45, 2.75) is 13.3 Å². The summed E-state index contributed by atoms with van der Waals surface area (Å²) in [5.41, 5.74) is 1.26. The monoisotopic (exact) mass is 203 g/mol. The van der Waals surface area contributed by atoms with Gasteiger partial charge in [-0.1, -0.05) is 36.4 Å². The molecule has 0 heterocycles. The molecule has 0 aliphatic rings. The zero-order chi connectivity index (χ0) is 11.1. The van der Waals surface area contributed by atoms with E-state index >= 15 is 0 Å². The van der Waals surface area contributed by atoms with Crippen LogP contribution in [0.2, 0.25) is 0 Å². The summed E-state index contributed by atoms with van der Waals surface area (Å²) in [6.45, 7) is 6.62. The fraction of sp³-hybridized carbons (Fsp3) is 0.308. The first-order valence-electron chi connectivity index (χ1n) is 5.14. The lowest BCUT2D eigenvalue weighted by Gasteiger charge is -2.18. The van der Waals surface area contributed by atoms with E-state index in [0.29, 0.717) is 6.54 Å². The van der Waals surface area contributed by atoms with Gasteiger partial charge >= 0.3 is 0 Å². The molecule has 0 fully saturated rings. The van der Waals surface area contributed by atoms with E-state index in [2.05, 4.69) is 18.7 Å². The summed E-state index contributed by atoms with van der Waals surface area (Å²) >= 11 is 0. The van der Waals surface area contributed by atoms with Gasteiger partial charge in [0.15, 0.2) is 0 Å². The van der Waals surface area contributed by atoms with E-state index in [0.717, 1.165) is 13.0 Å². The Kier molecular flexibility index (Phi) is 4.61. The van der Waals surface area contributed by atoms with E-state index in [-0.39, 0.29) is 5.91 Å². The van der Waals surface area contributed by atoms with Gasteiger partial charge in [0.25, 0.3) is 0 Å². The topological polar surface area (TPSA) is 20.3 Å². The van der Waals surface area contributed by atoms with Crippen LogP contribution in [0.4, 0.5) is 0 Å². The lowest BCUT2D eigenvalue weighted by molar-refractivity contribution is -0.128. The molecule has 15 heavy (non-hydrogen) atoms. The second kappa shape index (κ2) is 6.02. The summed E-state index contributed by atoms with van der Waals surface area (Å²) in [7, 11) is 0. The van der Waals surface area contributed by atoms with Crippen molar-refractivity contribution < 1.29 is 4.79 Å². The van der Waals surface area contributed by atoms with Gasteiger partial charge in [-0.25, -0.2) is 0 Å². The molecule has 0 aliphatic carbocycles. The highest BCUT2D eigenvalue weighted by molar-refractivity contribution is 5.73. The first-order valence-corrected chi connectivity index (χ1v) is 5.14. The molecule has 1 aromatic rings. The Hall–Kier alpha value is -1.57. The molecule has 2 nitrogen and oxygen atoms in total. The maximum atomic E-state index is 11.2. The fourth-order valence-corrected chi connectivity index (χ4v) is 1.44. The third-order valence-electron chi connectivity index (χ3n) is 2.31. The Labute approximate surface area is 91.2 Å². The van der Waals surface area contributed by atoms with E-state index in [1.807, 2.05) is 18.2 Å². The molecule has 0 aliphatic heterocycles. The summed E-state index contributed by atoms with van der Waals surface area (Å²) < 4.78 is 0. The van der Waals surface area contributed by atoms with Gasteiger partial charge in [0.05, 0.1) is 0 Å². The minimum absolute atomic E-state index is 0.103. The molecule has 0 saturated heterocycles. The van der Waals surface area contributed by atoms with Crippen LogP contribution < -0.4 is 0 Å². The largest absolute Gasteiger partial charge is 0.339 e. The smallest absolute Gasteiger partial charge is 0.219 e. The van der Waals surface area contributed by atoms with Gasteiger partial charge < -0.3 is 4.90 Å². The molecule has 0 unspecified atom stereocenters. The average molecular weight is 203 g/mol. The van der Waals surface area contributed by atoms with E-state index in [1.165, 1.54) is 5.56 Å². The number of carbonyl (C=O) groups excluding carboxylic acids is 1. The third-order valence-corrected chi connectivity index (χ3v) is 2.31. The molecule has 1 rings (SSSR count). The highest BCUT2D eigenvalue weighted by Crippen LogP contribution is 2.01. The van der Waals surface area contributed by atoms with Crippen molar-refractivity contribution in [3.8, 4) is 0 Å². The zero-order valence-electron chi connectivity index (χ0n) is 9.15.